The van der Waals surface area contributed by atoms with Gasteiger partial charge in [0.25, 0.3) is 0 Å². The SMILES string of the molecule is Cc1cc(Br)c(NC(C)Cc2ccc(Cl)cc2)c(Br)c1. The van der Waals surface area contributed by atoms with Gasteiger partial charge in [0.05, 0.1) is 5.69 Å². The lowest BCUT2D eigenvalue weighted by molar-refractivity contribution is 0.789. The van der Waals surface area contributed by atoms with Crippen LogP contribution in [0.3, 0.4) is 0 Å². The second-order valence-electron chi connectivity index (χ2n) is 4.98. The molecule has 0 heterocycles. The second-order valence-corrected chi connectivity index (χ2v) is 7.12. The summed E-state index contributed by atoms with van der Waals surface area (Å²) in [5, 5.41) is 4.32. The molecule has 4 heteroatoms. The molecule has 2 aromatic carbocycles. The largest absolute Gasteiger partial charge is 0.380 e. The molecule has 1 atom stereocenters. The van der Waals surface area contributed by atoms with Crippen LogP contribution in [0, 0.1) is 6.92 Å². The maximum Gasteiger partial charge on any atom is 0.0631 e. The first-order chi connectivity index (χ1) is 9.45. The predicted octanol–water partition coefficient (Wildman–Crippen LogP) is 6.22. The summed E-state index contributed by atoms with van der Waals surface area (Å²) in [4.78, 5) is 0. The average Bonchev–Trinajstić information content (AvgIpc) is 2.36. The minimum atomic E-state index is 0.325. The topological polar surface area (TPSA) is 12.0 Å². The lowest BCUT2D eigenvalue weighted by atomic mass is 10.1. The molecule has 0 aliphatic rings. The van der Waals surface area contributed by atoms with Crippen molar-refractivity contribution in [1.82, 2.24) is 0 Å². The molecule has 0 radical (unpaired) electrons. The normalized spacial score (nSPS) is 12.2. The van der Waals surface area contributed by atoms with Crippen LogP contribution < -0.4 is 5.32 Å². The van der Waals surface area contributed by atoms with E-state index < -0.39 is 0 Å². The molecule has 0 aliphatic carbocycles. The Morgan fingerprint density at radius 2 is 1.65 bits per heavy atom. The minimum absolute atomic E-state index is 0.325. The number of rotatable bonds is 4. The van der Waals surface area contributed by atoms with E-state index in [1.165, 1.54) is 11.1 Å². The number of anilines is 1. The molecule has 0 bridgehead atoms. The van der Waals surface area contributed by atoms with Crippen LogP contribution in [0.1, 0.15) is 18.1 Å². The monoisotopic (exact) mass is 415 g/mol. The van der Waals surface area contributed by atoms with Crippen molar-refractivity contribution >= 4 is 49.1 Å². The van der Waals surface area contributed by atoms with Gasteiger partial charge in [-0.2, -0.15) is 0 Å². The van der Waals surface area contributed by atoms with Crippen LogP contribution in [-0.2, 0) is 6.42 Å². The summed E-state index contributed by atoms with van der Waals surface area (Å²) in [6.45, 7) is 4.25. The van der Waals surface area contributed by atoms with Gasteiger partial charge < -0.3 is 5.32 Å². The van der Waals surface area contributed by atoms with Crippen LogP contribution >= 0.6 is 43.5 Å². The molecule has 2 rings (SSSR count). The zero-order valence-corrected chi connectivity index (χ0v) is 15.3. The number of hydrogen-bond donors (Lipinski definition) is 1. The summed E-state index contributed by atoms with van der Waals surface area (Å²) in [6, 6.07) is 12.6. The van der Waals surface area contributed by atoms with Crippen molar-refractivity contribution in [2.75, 3.05) is 5.32 Å². The predicted molar refractivity (Wildman–Crippen MR) is 94.8 cm³/mol. The molecule has 0 fully saturated rings. The summed E-state index contributed by atoms with van der Waals surface area (Å²) in [5.74, 6) is 0. The number of nitrogens with one attached hydrogen (secondary N) is 1. The van der Waals surface area contributed by atoms with E-state index in [1.807, 2.05) is 12.1 Å². The van der Waals surface area contributed by atoms with E-state index in [1.54, 1.807) is 0 Å². The van der Waals surface area contributed by atoms with Gasteiger partial charge in [-0.15, -0.1) is 0 Å². The molecule has 20 heavy (non-hydrogen) atoms. The third kappa shape index (κ3) is 4.24. The standard InChI is InChI=1S/C16H16Br2ClN/c1-10-7-14(17)16(15(18)8-10)20-11(2)9-12-3-5-13(19)6-4-12/h3-8,11,20H,9H2,1-2H3. The third-order valence-electron chi connectivity index (χ3n) is 3.03. The maximum absolute atomic E-state index is 5.91. The molecule has 0 amide bonds. The van der Waals surface area contributed by atoms with Gasteiger partial charge in [-0.05, 0) is 87.5 Å². The van der Waals surface area contributed by atoms with E-state index in [-0.39, 0.29) is 0 Å². The van der Waals surface area contributed by atoms with Gasteiger partial charge in [0.2, 0.25) is 0 Å². The van der Waals surface area contributed by atoms with Gasteiger partial charge in [0.15, 0.2) is 0 Å². The first kappa shape index (κ1) is 15.9. The first-order valence-corrected chi connectivity index (χ1v) is 8.38. The maximum atomic E-state index is 5.91. The molecule has 0 aromatic heterocycles. The van der Waals surface area contributed by atoms with Crippen LogP contribution in [0.5, 0.6) is 0 Å². The van der Waals surface area contributed by atoms with Crippen molar-refractivity contribution in [3.8, 4) is 0 Å². The molecule has 0 aliphatic heterocycles. The number of hydrogen-bond acceptors (Lipinski definition) is 1. The fourth-order valence-corrected chi connectivity index (χ4v) is 3.88. The number of aryl methyl sites for hydroxylation is 1. The molecule has 106 valence electrons. The lowest BCUT2D eigenvalue weighted by Crippen LogP contribution is -2.18. The minimum Gasteiger partial charge on any atom is -0.380 e. The van der Waals surface area contributed by atoms with Gasteiger partial charge in [0.1, 0.15) is 0 Å². The summed E-state index contributed by atoms with van der Waals surface area (Å²) >= 11 is 13.1. The van der Waals surface area contributed by atoms with Gasteiger partial charge >= 0.3 is 0 Å². The van der Waals surface area contributed by atoms with Crippen LogP contribution in [0.15, 0.2) is 45.3 Å². The highest BCUT2D eigenvalue weighted by molar-refractivity contribution is 9.11. The number of benzene rings is 2. The van der Waals surface area contributed by atoms with E-state index in [9.17, 15) is 0 Å². The van der Waals surface area contributed by atoms with Crippen molar-refractivity contribution in [2.24, 2.45) is 0 Å². The third-order valence-corrected chi connectivity index (χ3v) is 4.54. The van der Waals surface area contributed by atoms with Crippen LogP contribution in [0.2, 0.25) is 5.02 Å². The van der Waals surface area contributed by atoms with Gasteiger partial charge in [-0.3, -0.25) is 0 Å². The Bertz CT molecular complexity index is 573. The van der Waals surface area contributed by atoms with Gasteiger partial charge in [0, 0.05) is 20.0 Å². The quantitative estimate of drug-likeness (QED) is 0.623. The molecule has 1 nitrogen and oxygen atoms in total. The Morgan fingerprint density at radius 3 is 2.20 bits per heavy atom. The zero-order chi connectivity index (χ0) is 14.7. The summed E-state index contributed by atoms with van der Waals surface area (Å²) in [6.07, 6.45) is 0.948. The lowest BCUT2D eigenvalue weighted by Gasteiger charge is -2.18. The Hall–Kier alpha value is -0.510. The summed E-state index contributed by atoms with van der Waals surface area (Å²) in [7, 11) is 0. The van der Waals surface area contributed by atoms with Crippen molar-refractivity contribution in [3.63, 3.8) is 0 Å². The van der Waals surface area contributed by atoms with Crippen molar-refractivity contribution < 1.29 is 0 Å². The molecular formula is C16H16Br2ClN. The average molecular weight is 418 g/mol. The Labute approximate surface area is 142 Å². The van der Waals surface area contributed by atoms with Gasteiger partial charge in [-0.25, -0.2) is 0 Å². The first-order valence-electron chi connectivity index (χ1n) is 6.42. The molecule has 0 saturated carbocycles. The Morgan fingerprint density at radius 1 is 1.10 bits per heavy atom. The van der Waals surface area contributed by atoms with Crippen molar-refractivity contribution in [3.05, 3.63) is 61.5 Å². The van der Waals surface area contributed by atoms with Crippen molar-refractivity contribution in [1.29, 1.82) is 0 Å². The molecule has 1 N–H and O–H groups in total. The van der Waals surface area contributed by atoms with E-state index in [2.05, 4.69) is 75.3 Å². The number of halogens is 3. The van der Waals surface area contributed by atoms with Gasteiger partial charge in [-0.1, -0.05) is 23.7 Å². The van der Waals surface area contributed by atoms with E-state index in [4.69, 9.17) is 11.6 Å². The highest BCUT2D eigenvalue weighted by Gasteiger charge is 2.10. The highest BCUT2D eigenvalue weighted by atomic mass is 79.9. The van der Waals surface area contributed by atoms with E-state index in [0.717, 1.165) is 26.1 Å². The summed E-state index contributed by atoms with van der Waals surface area (Å²) in [5.41, 5.74) is 3.59. The molecule has 1 unspecified atom stereocenters. The van der Waals surface area contributed by atoms with Crippen molar-refractivity contribution in [2.45, 2.75) is 26.3 Å². The molecule has 0 spiro atoms. The van der Waals surface area contributed by atoms with Crippen LogP contribution in [0.25, 0.3) is 0 Å². The Balaban J connectivity index is 2.08. The highest BCUT2D eigenvalue weighted by Crippen LogP contribution is 2.33. The Kier molecular flexibility index (Phi) is 5.53. The zero-order valence-electron chi connectivity index (χ0n) is 11.4. The van der Waals surface area contributed by atoms with Crippen LogP contribution in [0.4, 0.5) is 5.69 Å². The molecule has 2 aromatic rings. The van der Waals surface area contributed by atoms with E-state index >= 15 is 0 Å². The molecular weight excluding hydrogens is 401 g/mol. The van der Waals surface area contributed by atoms with E-state index in [0.29, 0.717) is 6.04 Å². The smallest absolute Gasteiger partial charge is 0.0631 e. The molecule has 0 saturated heterocycles. The van der Waals surface area contributed by atoms with Crippen LogP contribution in [-0.4, -0.2) is 6.04 Å². The fourth-order valence-electron chi connectivity index (χ4n) is 2.11. The second kappa shape index (κ2) is 6.97. The fraction of sp³-hybridized carbons (Fsp3) is 0.250. The summed E-state index contributed by atoms with van der Waals surface area (Å²) < 4.78 is 2.15.